The lowest BCUT2D eigenvalue weighted by Crippen LogP contribution is -2.44. The van der Waals surface area contributed by atoms with E-state index < -0.39 is 0 Å². The van der Waals surface area contributed by atoms with Crippen LogP contribution in [0.2, 0.25) is 5.15 Å². The minimum Gasteiger partial charge on any atom is -0.323 e. The molecule has 3 rings (SSSR count). The van der Waals surface area contributed by atoms with E-state index in [2.05, 4.69) is 5.10 Å². The van der Waals surface area contributed by atoms with Gasteiger partial charge in [-0.25, -0.2) is 4.79 Å². The molecule has 0 saturated carbocycles. The van der Waals surface area contributed by atoms with E-state index >= 15 is 0 Å². The summed E-state index contributed by atoms with van der Waals surface area (Å²) in [7, 11) is 3.61. The molecular formula is C15H17ClN4O. The van der Waals surface area contributed by atoms with Crippen molar-refractivity contribution >= 4 is 23.3 Å². The van der Waals surface area contributed by atoms with Crippen LogP contribution in [-0.4, -0.2) is 27.8 Å². The second-order valence-electron chi connectivity index (χ2n) is 5.33. The zero-order chi connectivity index (χ0) is 15.1. The van der Waals surface area contributed by atoms with Crippen molar-refractivity contribution in [1.82, 2.24) is 14.7 Å². The lowest BCUT2D eigenvalue weighted by Gasteiger charge is -2.35. The maximum atomic E-state index is 12.5. The molecule has 0 unspecified atom stereocenters. The largest absolute Gasteiger partial charge is 0.324 e. The van der Waals surface area contributed by atoms with Gasteiger partial charge in [0, 0.05) is 26.2 Å². The molecular weight excluding hydrogens is 288 g/mol. The van der Waals surface area contributed by atoms with Gasteiger partial charge in [0.15, 0.2) is 0 Å². The standard InChI is InChI=1S/C15H17ClN4O/c1-10-12(14(16)19(3)17-10)9-20-13-7-5-4-6-11(13)8-18(2)15(20)21/h4-7H,8-9H2,1-3H3. The Morgan fingerprint density at radius 1 is 1.29 bits per heavy atom. The topological polar surface area (TPSA) is 41.4 Å². The minimum atomic E-state index is -0.0204. The Hall–Kier alpha value is -2.01. The predicted octanol–water partition coefficient (Wildman–Crippen LogP) is 2.95. The molecule has 0 N–H and O–H groups in total. The van der Waals surface area contributed by atoms with E-state index in [0.29, 0.717) is 18.2 Å². The fourth-order valence-electron chi connectivity index (χ4n) is 2.70. The first-order chi connectivity index (χ1) is 9.99. The average molecular weight is 305 g/mol. The number of carbonyl (C=O) groups excluding carboxylic acids is 1. The molecule has 1 aromatic heterocycles. The Labute approximate surface area is 128 Å². The molecule has 2 aromatic rings. The van der Waals surface area contributed by atoms with E-state index in [-0.39, 0.29) is 6.03 Å². The van der Waals surface area contributed by atoms with E-state index in [1.165, 1.54) is 0 Å². The molecule has 2 amide bonds. The minimum absolute atomic E-state index is 0.0204. The Kier molecular flexibility index (Phi) is 3.37. The number of aromatic nitrogens is 2. The number of benzene rings is 1. The second-order valence-corrected chi connectivity index (χ2v) is 5.69. The van der Waals surface area contributed by atoms with E-state index in [0.717, 1.165) is 22.5 Å². The van der Waals surface area contributed by atoms with Gasteiger partial charge in [0.1, 0.15) is 5.15 Å². The molecule has 2 heterocycles. The molecule has 1 aliphatic rings. The molecule has 0 fully saturated rings. The van der Waals surface area contributed by atoms with Crippen molar-refractivity contribution in [2.24, 2.45) is 7.05 Å². The van der Waals surface area contributed by atoms with E-state index in [4.69, 9.17) is 11.6 Å². The number of aryl methyl sites for hydroxylation is 2. The van der Waals surface area contributed by atoms with Crippen molar-refractivity contribution < 1.29 is 4.79 Å². The number of urea groups is 1. The molecule has 0 radical (unpaired) electrons. The first-order valence-electron chi connectivity index (χ1n) is 6.77. The quantitative estimate of drug-likeness (QED) is 0.856. The fourth-order valence-corrected chi connectivity index (χ4v) is 2.94. The molecule has 5 nitrogen and oxygen atoms in total. The Bertz CT molecular complexity index is 710. The first kappa shape index (κ1) is 13.9. The molecule has 21 heavy (non-hydrogen) atoms. The highest BCUT2D eigenvalue weighted by Crippen LogP contribution is 2.31. The van der Waals surface area contributed by atoms with E-state index in [9.17, 15) is 4.79 Å². The molecule has 1 aromatic carbocycles. The summed E-state index contributed by atoms with van der Waals surface area (Å²) in [6.45, 7) is 2.97. The van der Waals surface area contributed by atoms with Crippen LogP contribution in [-0.2, 0) is 20.1 Å². The fraction of sp³-hybridized carbons (Fsp3) is 0.333. The summed E-state index contributed by atoms with van der Waals surface area (Å²) in [5, 5.41) is 4.88. The van der Waals surface area contributed by atoms with Gasteiger partial charge in [-0.1, -0.05) is 29.8 Å². The number of rotatable bonds is 2. The molecule has 1 aliphatic heterocycles. The third-order valence-corrected chi connectivity index (χ3v) is 4.31. The summed E-state index contributed by atoms with van der Waals surface area (Å²) in [6, 6.07) is 7.93. The highest BCUT2D eigenvalue weighted by molar-refractivity contribution is 6.30. The zero-order valence-corrected chi connectivity index (χ0v) is 13.1. The van der Waals surface area contributed by atoms with Crippen LogP contribution in [0.25, 0.3) is 0 Å². The summed E-state index contributed by atoms with van der Waals surface area (Å²) in [6.07, 6.45) is 0. The molecule has 0 bridgehead atoms. The Morgan fingerprint density at radius 2 is 2.00 bits per heavy atom. The summed E-state index contributed by atoms with van der Waals surface area (Å²) in [5.41, 5.74) is 3.82. The lowest BCUT2D eigenvalue weighted by atomic mass is 10.1. The highest BCUT2D eigenvalue weighted by atomic mass is 35.5. The Morgan fingerprint density at radius 3 is 2.67 bits per heavy atom. The van der Waals surface area contributed by atoms with Crippen LogP contribution in [0.15, 0.2) is 24.3 Å². The summed E-state index contributed by atoms with van der Waals surface area (Å²) >= 11 is 6.29. The summed E-state index contributed by atoms with van der Waals surface area (Å²) < 4.78 is 1.64. The van der Waals surface area contributed by atoms with Crippen molar-refractivity contribution in [2.45, 2.75) is 20.0 Å². The second kappa shape index (κ2) is 5.07. The van der Waals surface area contributed by atoms with Crippen molar-refractivity contribution in [3.8, 4) is 0 Å². The normalized spacial score (nSPS) is 14.6. The number of amides is 2. The van der Waals surface area contributed by atoms with Crippen LogP contribution < -0.4 is 4.90 Å². The van der Waals surface area contributed by atoms with Gasteiger partial charge in [-0.05, 0) is 18.6 Å². The molecule has 0 atom stereocenters. The van der Waals surface area contributed by atoms with Gasteiger partial charge >= 0.3 is 6.03 Å². The van der Waals surface area contributed by atoms with Crippen molar-refractivity contribution in [3.63, 3.8) is 0 Å². The van der Waals surface area contributed by atoms with Crippen LogP contribution in [0.1, 0.15) is 16.8 Å². The maximum absolute atomic E-state index is 12.5. The first-order valence-corrected chi connectivity index (χ1v) is 7.15. The van der Waals surface area contributed by atoms with E-state index in [1.54, 1.807) is 21.5 Å². The number of fused-ring (bicyclic) bond motifs is 1. The third kappa shape index (κ3) is 2.27. The lowest BCUT2D eigenvalue weighted by molar-refractivity contribution is 0.210. The molecule has 0 saturated heterocycles. The van der Waals surface area contributed by atoms with Crippen LogP contribution >= 0.6 is 11.6 Å². The van der Waals surface area contributed by atoms with Gasteiger partial charge in [0.2, 0.25) is 0 Å². The van der Waals surface area contributed by atoms with Crippen LogP contribution in [0.4, 0.5) is 10.5 Å². The Balaban J connectivity index is 2.03. The average Bonchev–Trinajstić information content (AvgIpc) is 2.69. The zero-order valence-electron chi connectivity index (χ0n) is 12.3. The maximum Gasteiger partial charge on any atom is 0.324 e. The van der Waals surface area contributed by atoms with E-state index in [1.807, 2.05) is 38.2 Å². The van der Waals surface area contributed by atoms with Crippen molar-refractivity contribution in [3.05, 3.63) is 46.2 Å². The highest BCUT2D eigenvalue weighted by Gasteiger charge is 2.29. The molecule has 6 heteroatoms. The summed E-state index contributed by atoms with van der Waals surface area (Å²) in [5.74, 6) is 0. The van der Waals surface area contributed by atoms with Gasteiger partial charge in [-0.3, -0.25) is 9.58 Å². The number of hydrogen-bond donors (Lipinski definition) is 0. The number of hydrogen-bond acceptors (Lipinski definition) is 2. The number of para-hydroxylation sites is 1. The predicted molar refractivity (Wildman–Crippen MR) is 82.4 cm³/mol. The van der Waals surface area contributed by atoms with Crippen LogP contribution in [0.3, 0.4) is 0 Å². The number of halogens is 1. The van der Waals surface area contributed by atoms with Crippen LogP contribution in [0.5, 0.6) is 0 Å². The SMILES string of the molecule is Cc1nn(C)c(Cl)c1CN1C(=O)N(C)Cc2ccccc21. The van der Waals surface area contributed by atoms with Gasteiger partial charge < -0.3 is 4.90 Å². The van der Waals surface area contributed by atoms with Gasteiger partial charge in [-0.15, -0.1) is 0 Å². The number of anilines is 1. The molecule has 0 spiro atoms. The van der Waals surface area contributed by atoms with Gasteiger partial charge in [0.25, 0.3) is 0 Å². The van der Waals surface area contributed by atoms with Gasteiger partial charge in [0.05, 0.1) is 17.9 Å². The van der Waals surface area contributed by atoms with Crippen LogP contribution in [0, 0.1) is 6.92 Å². The molecule has 110 valence electrons. The summed E-state index contributed by atoms with van der Waals surface area (Å²) in [4.78, 5) is 16.0. The number of nitrogens with zero attached hydrogens (tertiary/aromatic N) is 4. The third-order valence-electron chi connectivity index (χ3n) is 3.83. The monoisotopic (exact) mass is 304 g/mol. The van der Waals surface area contributed by atoms with Gasteiger partial charge in [-0.2, -0.15) is 5.10 Å². The number of carbonyl (C=O) groups is 1. The smallest absolute Gasteiger partial charge is 0.323 e. The van der Waals surface area contributed by atoms with Crippen molar-refractivity contribution in [2.75, 3.05) is 11.9 Å². The molecule has 0 aliphatic carbocycles. The van der Waals surface area contributed by atoms with Crippen molar-refractivity contribution in [1.29, 1.82) is 0 Å².